The fourth-order valence-corrected chi connectivity index (χ4v) is 4.40. The molecule has 0 spiro atoms. The van der Waals surface area contributed by atoms with Gasteiger partial charge in [0.2, 0.25) is 5.91 Å². The molecule has 1 amide bonds. The second-order valence-electron chi connectivity index (χ2n) is 6.77. The van der Waals surface area contributed by atoms with Crippen LogP contribution in [0.15, 0.2) is 46.8 Å². The Labute approximate surface area is 165 Å². The predicted octanol–water partition coefficient (Wildman–Crippen LogP) is 3.64. The number of carbonyl (C=O) groups is 1. The third-order valence-corrected chi connectivity index (χ3v) is 6.61. The first-order chi connectivity index (χ1) is 13.3. The molecule has 9 heteroatoms. The van der Waals surface area contributed by atoms with Crippen LogP contribution in [0, 0.1) is 11.7 Å². The average molecular weight is 420 g/mol. The highest BCUT2D eigenvalue weighted by Crippen LogP contribution is 2.35. The second kappa shape index (κ2) is 7.14. The first-order valence-electron chi connectivity index (χ1n) is 8.60. The molecule has 1 fully saturated rings. The lowest BCUT2D eigenvalue weighted by atomic mass is 9.81. The minimum absolute atomic E-state index is 0.0333. The summed E-state index contributed by atoms with van der Waals surface area (Å²) in [6, 6.07) is 9.18. The number of carbonyl (C=O) groups excluding carboxylic acids is 1. The Morgan fingerprint density at radius 1 is 1.29 bits per heavy atom. The summed E-state index contributed by atoms with van der Waals surface area (Å²) < 4.78 is 44.0. The van der Waals surface area contributed by atoms with E-state index >= 15 is 0 Å². The van der Waals surface area contributed by atoms with Gasteiger partial charge in [0.25, 0.3) is 0 Å². The van der Waals surface area contributed by atoms with E-state index in [0.717, 1.165) is 22.5 Å². The van der Waals surface area contributed by atoms with Gasteiger partial charge in [-0.25, -0.2) is 17.8 Å². The Bertz CT molecular complexity index is 1150. The number of hydrogen-bond acceptors (Lipinski definition) is 6. The van der Waals surface area contributed by atoms with Crippen molar-refractivity contribution in [3.63, 3.8) is 0 Å². The monoisotopic (exact) mass is 420 g/mol. The van der Waals surface area contributed by atoms with Gasteiger partial charge in [0.05, 0.1) is 20.8 Å². The van der Waals surface area contributed by atoms with Crippen molar-refractivity contribution in [2.75, 3.05) is 11.6 Å². The summed E-state index contributed by atoms with van der Waals surface area (Å²) in [7, 11) is -3.50. The lowest BCUT2D eigenvalue weighted by Gasteiger charge is -2.34. The molecule has 0 atom stereocenters. The molecular formula is C19H17FN2O4S2. The highest BCUT2D eigenvalue weighted by molar-refractivity contribution is 7.90. The molecule has 1 N–H and O–H groups in total. The van der Waals surface area contributed by atoms with Crippen molar-refractivity contribution in [1.82, 2.24) is 4.98 Å². The fraction of sp³-hybridized carbons (Fsp3) is 0.263. The number of benzene rings is 2. The molecule has 1 saturated carbocycles. The van der Waals surface area contributed by atoms with Crippen LogP contribution in [0.2, 0.25) is 0 Å². The number of nitrogens with one attached hydrogen (secondary N) is 1. The predicted molar refractivity (Wildman–Crippen MR) is 105 cm³/mol. The van der Waals surface area contributed by atoms with Gasteiger partial charge in [-0.2, -0.15) is 0 Å². The van der Waals surface area contributed by atoms with E-state index in [2.05, 4.69) is 10.3 Å². The molecule has 0 bridgehead atoms. The van der Waals surface area contributed by atoms with Gasteiger partial charge in [-0.3, -0.25) is 4.79 Å². The first-order valence-corrected chi connectivity index (χ1v) is 11.4. The highest BCUT2D eigenvalue weighted by Gasteiger charge is 2.36. The van der Waals surface area contributed by atoms with Gasteiger partial charge < -0.3 is 10.1 Å². The van der Waals surface area contributed by atoms with Crippen molar-refractivity contribution in [3.8, 4) is 5.75 Å². The Kier molecular flexibility index (Phi) is 4.80. The third-order valence-electron chi connectivity index (χ3n) is 4.71. The van der Waals surface area contributed by atoms with E-state index in [9.17, 15) is 17.6 Å². The minimum atomic E-state index is -3.50. The molecule has 0 aliphatic heterocycles. The number of ether oxygens (including phenoxy) is 1. The average Bonchev–Trinajstić information content (AvgIpc) is 3.08. The largest absolute Gasteiger partial charge is 0.488 e. The summed E-state index contributed by atoms with van der Waals surface area (Å²) in [4.78, 5) is 16.5. The number of para-hydroxylation sites is 1. The molecule has 0 saturated heterocycles. The van der Waals surface area contributed by atoms with Gasteiger partial charge >= 0.3 is 0 Å². The van der Waals surface area contributed by atoms with E-state index in [1.54, 1.807) is 5.51 Å². The van der Waals surface area contributed by atoms with Crippen molar-refractivity contribution < 1.29 is 22.3 Å². The van der Waals surface area contributed by atoms with Gasteiger partial charge in [0, 0.05) is 12.2 Å². The fourth-order valence-electron chi connectivity index (χ4n) is 3.07. The maximum absolute atomic E-state index is 14.1. The van der Waals surface area contributed by atoms with Gasteiger partial charge in [0.1, 0.15) is 23.2 Å². The third kappa shape index (κ3) is 3.72. The van der Waals surface area contributed by atoms with E-state index in [-0.39, 0.29) is 28.5 Å². The molecule has 1 aliphatic rings. The molecule has 1 aromatic heterocycles. The molecule has 2 aromatic carbocycles. The Hall–Kier alpha value is -2.52. The number of halogens is 1. The number of sulfone groups is 1. The maximum atomic E-state index is 14.1. The zero-order chi connectivity index (χ0) is 19.9. The Balaban J connectivity index is 1.36. The molecule has 28 heavy (non-hydrogen) atoms. The highest BCUT2D eigenvalue weighted by atomic mass is 32.2. The Morgan fingerprint density at radius 2 is 2.07 bits per heavy atom. The van der Waals surface area contributed by atoms with Crippen LogP contribution in [-0.2, 0) is 14.6 Å². The SMILES string of the molecule is CS(=O)(=O)c1ccc(NC(=O)C2CC(Oc3cccc4scnc34)C2)c(F)c1. The molecule has 6 nitrogen and oxygen atoms in total. The zero-order valence-corrected chi connectivity index (χ0v) is 16.5. The van der Waals surface area contributed by atoms with Crippen LogP contribution in [0.25, 0.3) is 10.2 Å². The number of hydrogen-bond donors (Lipinski definition) is 1. The lowest BCUT2D eigenvalue weighted by molar-refractivity contribution is -0.125. The van der Waals surface area contributed by atoms with Crippen molar-refractivity contribution >= 4 is 43.0 Å². The number of anilines is 1. The van der Waals surface area contributed by atoms with E-state index in [1.165, 1.54) is 23.5 Å². The standard InChI is InChI=1S/C19H17FN2O4S2/c1-28(24,25)13-5-6-15(14(20)9-13)22-19(23)11-7-12(8-11)26-16-3-2-4-17-18(16)21-10-27-17/h2-6,9-12H,7-8H2,1H3,(H,22,23). The van der Waals surface area contributed by atoms with Gasteiger partial charge in [-0.15, -0.1) is 11.3 Å². The summed E-state index contributed by atoms with van der Waals surface area (Å²) in [5.74, 6) is -0.671. The minimum Gasteiger partial charge on any atom is -0.488 e. The van der Waals surface area contributed by atoms with E-state index in [4.69, 9.17) is 4.74 Å². The molecule has 4 rings (SSSR count). The normalized spacial score (nSPS) is 19.2. The summed E-state index contributed by atoms with van der Waals surface area (Å²) in [6.07, 6.45) is 1.95. The molecule has 0 unspecified atom stereocenters. The second-order valence-corrected chi connectivity index (χ2v) is 9.67. The first kappa shape index (κ1) is 18.8. The number of amides is 1. The lowest BCUT2D eigenvalue weighted by Crippen LogP contribution is -2.41. The van der Waals surface area contributed by atoms with Crippen LogP contribution >= 0.6 is 11.3 Å². The van der Waals surface area contributed by atoms with E-state index < -0.39 is 15.7 Å². The number of fused-ring (bicyclic) bond motifs is 1. The smallest absolute Gasteiger partial charge is 0.227 e. The summed E-state index contributed by atoms with van der Waals surface area (Å²) in [5, 5.41) is 2.53. The van der Waals surface area contributed by atoms with Crippen molar-refractivity contribution in [3.05, 3.63) is 47.7 Å². The number of aromatic nitrogens is 1. The van der Waals surface area contributed by atoms with Gasteiger partial charge in [-0.1, -0.05) is 6.07 Å². The summed E-state index contributed by atoms with van der Waals surface area (Å²) >= 11 is 1.54. The van der Waals surface area contributed by atoms with Crippen LogP contribution < -0.4 is 10.1 Å². The van der Waals surface area contributed by atoms with E-state index in [0.29, 0.717) is 18.6 Å². The van der Waals surface area contributed by atoms with Crippen LogP contribution in [0.1, 0.15) is 12.8 Å². The van der Waals surface area contributed by atoms with Gasteiger partial charge in [-0.05, 0) is 43.2 Å². The molecule has 0 radical (unpaired) electrons. The zero-order valence-electron chi connectivity index (χ0n) is 14.9. The number of nitrogens with zero attached hydrogens (tertiary/aromatic N) is 1. The van der Waals surface area contributed by atoms with E-state index in [1.807, 2.05) is 18.2 Å². The molecule has 3 aromatic rings. The molecule has 146 valence electrons. The van der Waals surface area contributed by atoms with Crippen molar-refractivity contribution in [2.45, 2.75) is 23.8 Å². The van der Waals surface area contributed by atoms with Crippen molar-refractivity contribution in [1.29, 1.82) is 0 Å². The van der Waals surface area contributed by atoms with Gasteiger partial charge in [0.15, 0.2) is 9.84 Å². The molecular weight excluding hydrogens is 403 g/mol. The van der Waals surface area contributed by atoms with Crippen LogP contribution in [0.3, 0.4) is 0 Å². The summed E-state index contributed by atoms with van der Waals surface area (Å²) in [6.45, 7) is 0. The van der Waals surface area contributed by atoms with Crippen LogP contribution in [-0.4, -0.2) is 31.7 Å². The quantitative estimate of drug-likeness (QED) is 0.681. The molecule has 1 aliphatic carbocycles. The molecule has 1 heterocycles. The number of rotatable bonds is 5. The topological polar surface area (TPSA) is 85.4 Å². The van der Waals surface area contributed by atoms with Crippen molar-refractivity contribution in [2.24, 2.45) is 5.92 Å². The van der Waals surface area contributed by atoms with Crippen LogP contribution in [0.4, 0.5) is 10.1 Å². The maximum Gasteiger partial charge on any atom is 0.227 e. The summed E-state index contributed by atoms with van der Waals surface area (Å²) in [5.41, 5.74) is 2.54. The Morgan fingerprint density at radius 3 is 2.79 bits per heavy atom. The number of thiazole rings is 1. The van der Waals surface area contributed by atoms with Crippen LogP contribution in [0.5, 0.6) is 5.75 Å².